The van der Waals surface area contributed by atoms with E-state index >= 15 is 0 Å². The second-order valence-corrected chi connectivity index (χ2v) is 6.81. The standard InChI is InChI=1S/C19H23F3N4/c1-12-7-6-10-15(13(12)2)24-17-11-16(19(20,21)22)25-18(26-17)23-14-8-4-3-5-9-14/h6-7,10-11,14H,3-5,8-9H2,1-2H3,(H2,23,24,25,26). The molecule has 7 heteroatoms. The third-order valence-electron chi connectivity index (χ3n) is 4.82. The zero-order valence-corrected chi connectivity index (χ0v) is 15.0. The molecule has 3 rings (SSSR count). The summed E-state index contributed by atoms with van der Waals surface area (Å²) < 4.78 is 39.8. The van der Waals surface area contributed by atoms with Crippen LogP contribution in [0.2, 0.25) is 0 Å². The Hall–Kier alpha value is -2.31. The number of alkyl halides is 3. The van der Waals surface area contributed by atoms with Gasteiger partial charge in [0.1, 0.15) is 5.82 Å². The molecule has 0 spiro atoms. The molecule has 1 aliphatic rings. The van der Waals surface area contributed by atoms with Gasteiger partial charge in [-0.15, -0.1) is 0 Å². The van der Waals surface area contributed by atoms with Crippen molar-refractivity contribution in [3.05, 3.63) is 41.1 Å². The van der Waals surface area contributed by atoms with Gasteiger partial charge in [-0.05, 0) is 43.9 Å². The molecular weight excluding hydrogens is 341 g/mol. The number of nitrogens with zero attached hydrogens (tertiary/aromatic N) is 2. The van der Waals surface area contributed by atoms with E-state index in [0.29, 0.717) is 0 Å². The fourth-order valence-electron chi connectivity index (χ4n) is 3.18. The molecule has 26 heavy (non-hydrogen) atoms. The zero-order chi connectivity index (χ0) is 18.7. The van der Waals surface area contributed by atoms with Crippen LogP contribution < -0.4 is 10.6 Å². The Labute approximate surface area is 151 Å². The van der Waals surface area contributed by atoms with Crippen molar-refractivity contribution < 1.29 is 13.2 Å². The lowest BCUT2D eigenvalue weighted by Crippen LogP contribution is -2.24. The van der Waals surface area contributed by atoms with Crippen molar-refractivity contribution in [3.63, 3.8) is 0 Å². The van der Waals surface area contributed by atoms with Gasteiger partial charge in [0.05, 0.1) is 0 Å². The molecule has 1 aromatic carbocycles. The topological polar surface area (TPSA) is 49.8 Å². The van der Waals surface area contributed by atoms with Crippen LogP contribution >= 0.6 is 0 Å². The van der Waals surface area contributed by atoms with Crippen LogP contribution in [0, 0.1) is 13.8 Å². The number of benzene rings is 1. The molecule has 0 radical (unpaired) electrons. The molecule has 1 aliphatic carbocycles. The number of aromatic nitrogens is 2. The van der Waals surface area contributed by atoms with E-state index in [2.05, 4.69) is 20.6 Å². The lowest BCUT2D eigenvalue weighted by atomic mass is 9.96. The predicted octanol–water partition coefficient (Wildman–Crippen LogP) is 5.60. The average molecular weight is 364 g/mol. The molecule has 0 bridgehead atoms. The summed E-state index contributed by atoms with van der Waals surface area (Å²) in [6.07, 6.45) is 0.651. The third-order valence-corrected chi connectivity index (χ3v) is 4.82. The van der Waals surface area contributed by atoms with E-state index < -0.39 is 11.9 Å². The van der Waals surface area contributed by atoms with Gasteiger partial charge >= 0.3 is 6.18 Å². The summed E-state index contributed by atoms with van der Waals surface area (Å²) >= 11 is 0. The van der Waals surface area contributed by atoms with Gasteiger partial charge in [-0.2, -0.15) is 18.2 Å². The van der Waals surface area contributed by atoms with Crippen molar-refractivity contribution in [2.45, 2.75) is 58.2 Å². The first-order chi connectivity index (χ1) is 12.3. The zero-order valence-electron chi connectivity index (χ0n) is 15.0. The van der Waals surface area contributed by atoms with Crippen LogP contribution in [0.4, 0.5) is 30.6 Å². The summed E-state index contributed by atoms with van der Waals surface area (Å²) in [6.45, 7) is 3.88. The number of hydrogen-bond donors (Lipinski definition) is 2. The summed E-state index contributed by atoms with van der Waals surface area (Å²) in [5.41, 5.74) is 1.82. The minimum absolute atomic E-state index is 0.0273. The maximum atomic E-state index is 13.3. The molecule has 0 amide bonds. The second-order valence-electron chi connectivity index (χ2n) is 6.81. The van der Waals surface area contributed by atoms with Gasteiger partial charge in [0.2, 0.25) is 5.95 Å². The second kappa shape index (κ2) is 7.51. The fraction of sp³-hybridized carbons (Fsp3) is 0.474. The molecule has 1 saturated carbocycles. The van der Waals surface area contributed by atoms with E-state index in [4.69, 9.17) is 0 Å². The number of anilines is 3. The maximum absolute atomic E-state index is 13.3. The average Bonchev–Trinajstić information content (AvgIpc) is 2.59. The minimum atomic E-state index is -4.52. The number of hydrogen-bond acceptors (Lipinski definition) is 4. The first kappa shape index (κ1) is 18.5. The molecule has 2 aromatic rings. The van der Waals surface area contributed by atoms with Gasteiger partial charge in [0.25, 0.3) is 0 Å². The van der Waals surface area contributed by atoms with Crippen LogP contribution in [0.3, 0.4) is 0 Å². The van der Waals surface area contributed by atoms with Crippen molar-refractivity contribution in [1.29, 1.82) is 0 Å². The molecule has 140 valence electrons. The highest BCUT2D eigenvalue weighted by molar-refractivity contribution is 5.63. The van der Waals surface area contributed by atoms with Crippen molar-refractivity contribution in [2.24, 2.45) is 0 Å². The normalized spacial score (nSPS) is 15.7. The SMILES string of the molecule is Cc1cccc(Nc2cc(C(F)(F)F)nc(NC3CCCCC3)n2)c1C. The lowest BCUT2D eigenvalue weighted by Gasteiger charge is -2.23. The molecule has 1 aromatic heterocycles. The molecule has 1 fully saturated rings. The third kappa shape index (κ3) is 4.45. The largest absolute Gasteiger partial charge is 0.433 e. The summed E-state index contributed by atoms with van der Waals surface area (Å²) in [4.78, 5) is 7.97. The summed E-state index contributed by atoms with van der Waals surface area (Å²) in [7, 11) is 0. The van der Waals surface area contributed by atoms with Gasteiger partial charge in [-0.3, -0.25) is 0 Å². The van der Waals surface area contributed by atoms with Crippen LogP contribution in [0.25, 0.3) is 0 Å². The Morgan fingerprint density at radius 1 is 1.04 bits per heavy atom. The lowest BCUT2D eigenvalue weighted by molar-refractivity contribution is -0.141. The Bertz CT molecular complexity index is 768. The number of rotatable bonds is 4. The number of aryl methyl sites for hydroxylation is 1. The predicted molar refractivity (Wildman–Crippen MR) is 96.7 cm³/mol. The van der Waals surface area contributed by atoms with Crippen molar-refractivity contribution in [3.8, 4) is 0 Å². The Morgan fingerprint density at radius 3 is 2.46 bits per heavy atom. The van der Waals surface area contributed by atoms with Crippen LogP contribution in [0.15, 0.2) is 24.3 Å². The quantitative estimate of drug-likeness (QED) is 0.741. The number of halogens is 3. The monoisotopic (exact) mass is 364 g/mol. The van der Waals surface area contributed by atoms with Gasteiger partial charge in [0, 0.05) is 17.8 Å². The van der Waals surface area contributed by atoms with E-state index in [9.17, 15) is 13.2 Å². The molecular formula is C19H23F3N4. The van der Waals surface area contributed by atoms with E-state index in [1.165, 1.54) is 6.42 Å². The van der Waals surface area contributed by atoms with Crippen LogP contribution in [-0.4, -0.2) is 16.0 Å². The van der Waals surface area contributed by atoms with E-state index in [-0.39, 0.29) is 17.8 Å². The first-order valence-corrected chi connectivity index (χ1v) is 8.89. The van der Waals surface area contributed by atoms with E-state index in [0.717, 1.165) is 48.6 Å². The van der Waals surface area contributed by atoms with Crippen molar-refractivity contribution in [1.82, 2.24) is 9.97 Å². The van der Waals surface area contributed by atoms with Crippen molar-refractivity contribution >= 4 is 17.5 Å². The van der Waals surface area contributed by atoms with Gasteiger partial charge in [0.15, 0.2) is 5.69 Å². The highest BCUT2D eigenvalue weighted by Crippen LogP contribution is 2.31. The Morgan fingerprint density at radius 2 is 1.77 bits per heavy atom. The summed E-state index contributed by atoms with van der Waals surface area (Å²) in [5.74, 6) is 0.166. The first-order valence-electron chi connectivity index (χ1n) is 8.89. The van der Waals surface area contributed by atoms with Gasteiger partial charge in [-0.25, -0.2) is 4.98 Å². The Kier molecular flexibility index (Phi) is 5.34. The molecule has 0 aliphatic heterocycles. The summed E-state index contributed by atoms with van der Waals surface area (Å²) in [6, 6.07) is 6.72. The van der Waals surface area contributed by atoms with Crippen LogP contribution in [0.5, 0.6) is 0 Å². The Balaban J connectivity index is 1.90. The molecule has 0 unspecified atom stereocenters. The number of nitrogens with one attached hydrogen (secondary N) is 2. The maximum Gasteiger partial charge on any atom is 0.433 e. The molecule has 1 heterocycles. The molecule has 4 nitrogen and oxygen atoms in total. The highest BCUT2D eigenvalue weighted by Gasteiger charge is 2.34. The van der Waals surface area contributed by atoms with Gasteiger partial charge in [-0.1, -0.05) is 31.4 Å². The van der Waals surface area contributed by atoms with Crippen LogP contribution in [0.1, 0.15) is 48.9 Å². The summed E-state index contributed by atoms with van der Waals surface area (Å²) in [5, 5.41) is 6.10. The molecule has 0 saturated heterocycles. The van der Waals surface area contributed by atoms with Crippen molar-refractivity contribution in [2.75, 3.05) is 10.6 Å². The van der Waals surface area contributed by atoms with E-state index in [1.54, 1.807) is 0 Å². The fourth-order valence-corrected chi connectivity index (χ4v) is 3.18. The minimum Gasteiger partial charge on any atom is -0.351 e. The molecule has 2 N–H and O–H groups in total. The van der Waals surface area contributed by atoms with Crippen LogP contribution in [-0.2, 0) is 6.18 Å². The smallest absolute Gasteiger partial charge is 0.351 e. The molecule has 0 atom stereocenters. The van der Waals surface area contributed by atoms with E-state index in [1.807, 2.05) is 32.0 Å². The van der Waals surface area contributed by atoms with Gasteiger partial charge < -0.3 is 10.6 Å². The highest BCUT2D eigenvalue weighted by atomic mass is 19.4.